The van der Waals surface area contributed by atoms with Crippen molar-refractivity contribution in [2.45, 2.75) is 31.2 Å². The first-order valence-electron chi connectivity index (χ1n) is 10.6. The Morgan fingerprint density at radius 3 is 2.69 bits per heavy atom. The van der Waals surface area contributed by atoms with Gasteiger partial charge in [-0.1, -0.05) is 0 Å². The third-order valence-corrected chi connectivity index (χ3v) is 6.44. The number of nitrogens with two attached hydrogens (primary N) is 1. The summed E-state index contributed by atoms with van der Waals surface area (Å²) in [5, 5.41) is 0. The molecule has 3 fully saturated rings. The summed E-state index contributed by atoms with van der Waals surface area (Å²) in [5.41, 5.74) is 10.7. The summed E-state index contributed by atoms with van der Waals surface area (Å²) in [6.45, 7) is 5.45. The Bertz CT molecular complexity index is 941. The zero-order valence-corrected chi connectivity index (χ0v) is 16.5. The lowest BCUT2D eigenvalue weighted by Crippen LogP contribution is -2.43. The normalized spacial score (nSPS) is 23.8. The summed E-state index contributed by atoms with van der Waals surface area (Å²) < 4.78 is 11.3. The van der Waals surface area contributed by atoms with E-state index in [0.29, 0.717) is 31.0 Å². The van der Waals surface area contributed by atoms with Gasteiger partial charge in [0.25, 0.3) is 0 Å². The SMILES string of the molecule is Nc1cc(C2CC2)c(-c2nc(N3CCOCC3)nc3c2C[C@H]2COCCN32)cn1. The summed E-state index contributed by atoms with van der Waals surface area (Å²) in [6, 6.07) is 2.39. The molecule has 2 saturated heterocycles. The van der Waals surface area contributed by atoms with Gasteiger partial charge in [-0.25, -0.2) is 9.97 Å². The average Bonchev–Trinajstić information content (AvgIpc) is 3.54. The molecule has 2 N–H and O–H groups in total. The second kappa shape index (κ2) is 6.81. The molecule has 0 aromatic carbocycles. The Balaban J connectivity index is 1.51. The molecule has 5 heterocycles. The molecule has 2 aromatic heterocycles. The van der Waals surface area contributed by atoms with E-state index in [2.05, 4.69) is 14.8 Å². The van der Waals surface area contributed by atoms with Gasteiger partial charge >= 0.3 is 0 Å². The second-order valence-electron chi connectivity index (χ2n) is 8.37. The molecule has 0 bridgehead atoms. The van der Waals surface area contributed by atoms with E-state index in [-0.39, 0.29) is 0 Å². The maximum absolute atomic E-state index is 6.04. The third-order valence-electron chi connectivity index (χ3n) is 6.44. The van der Waals surface area contributed by atoms with Crippen LogP contribution in [-0.2, 0) is 15.9 Å². The van der Waals surface area contributed by atoms with Gasteiger partial charge in [0.15, 0.2) is 0 Å². The van der Waals surface area contributed by atoms with E-state index in [4.69, 9.17) is 25.2 Å². The van der Waals surface area contributed by atoms with Gasteiger partial charge in [-0.3, -0.25) is 0 Å². The fourth-order valence-corrected chi connectivity index (χ4v) is 4.77. The first-order valence-corrected chi connectivity index (χ1v) is 10.6. The molecular formula is C21H26N6O2. The molecule has 0 spiro atoms. The van der Waals surface area contributed by atoms with E-state index >= 15 is 0 Å². The molecule has 0 amide bonds. The van der Waals surface area contributed by atoms with E-state index in [1.54, 1.807) is 0 Å². The topological polar surface area (TPSA) is 89.6 Å². The van der Waals surface area contributed by atoms with E-state index in [1.807, 2.05) is 12.3 Å². The molecule has 1 aliphatic carbocycles. The number of pyridine rings is 1. The first-order chi connectivity index (χ1) is 14.3. The van der Waals surface area contributed by atoms with E-state index in [0.717, 1.165) is 62.3 Å². The van der Waals surface area contributed by atoms with Crippen LogP contribution in [0.5, 0.6) is 0 Å². The molecule has 2 aromatic rings. The number of nitrogen functional groups attached to an aromatic ring is 1. The van der Waals surface area contributed by atoms with Gasteiger partial charge in [0.1, 0.15) is 11.6 Å². The number of nitrogens with zero attached hydrogens (tertiary/aromatic N) is 5. The lowest BCUT2D eigenvalue weighted by Gasteiger charge is -2.32. The van der Waals surface area contributed by atoms with Gasteiger partial charge in [0.05, 0.1) is 38.2 Å². The summed E-state index contributed by atoms with van der Waals surface area (Å²) in [6.07, 6.45) is 5.26. The Hall–Kier alpha value is -2.45. The number of aromatic nitrogens is 3. The third kappa shape index (κ3) is 3.02. The molecule has 1 saturated carbocycles. The minimum absolute atomic E-state index is 0.345. The fraction of sp³-hybridized carbons (Fsp3) is 0.571. The standard InChI is InChI=1S/C21H26N6O2/c22-18-10-15(13-1-2-13)17(11-23-18)19-16-9-14-12-29-8-5-27(14)20(16)25-21(24-19)26-3-6-28-7-4-26/h10-11,13-14H,1-9,12H2,(H2,22,23)/t14-/m0/s1. The lowest BCUT2D eigenvalue weighted by atomic mass is 9.98. The molecule has 4 aliphatic rings. The number of rotatable bonds is 3. The Labute approximate surface area is 170 Å². The van der Waals surface area contributed by atoms with Crippen LogP contribution in [0.1, 0.15) is 29.9 Å². The van der Waals surface area contributed by atoms with Gasteiger partial charge < -0.3 is 25.0 Å². The highest BCUT2D eigenvalue weighted by Crippen LogP contribution is 2.47. The van der Waals surface area contributed by atoms with Crippen molar-refractivity contribution in [2.24, 2.45) is 0 Å². The van der Waals surface area contributed by atoms with Crippen LogP contribution in [0.15, 0.2) is 12.3 Å². The number of morpholine rings is 2. The van der Waals surface area contributed by atoms with Crippen molar-refractivity contribution in [3.63, 3.8) is 0 Å². The Morgan fingerprint density at radius 2 is 1.86 bits per heavy atom. The number of ether oxygens (including phenoxy) is 2. The van der Waals surface area contributed by atoms with Crippen LogP contribution in [0.3, 0.4) is 0 Å². The molecule has 152 valence electrons. The maximum atomic E-state index is 6.04. The lowest BCUT2D eigenvalue weighted by molar-refractivity contribution is 0.0974. The van der Waals surface area contributed by atoms with E-state index < -0.39 is 0 Å². The van der Waals surface area contributed by atoms with Crippen molar-refractivity contribution < 1.29 is 9.47 Å². The molecule has 0 radical (unpaired) electrons. The fourth-order valence-electron chi connectivity index (χ4n) is 4.77. The zero-order valence-electron chi connectivity index (χ0n) is 16.5. The first kappa shape index (κ1) is 17.4. The van der Waals surface area contributed by atoms with Gasteiger partial charge in [0, 0.05) is 43.4 Å². The Morgan fingerprint density at radius 1 is 1.03 bits per heavy atom. The molecule has 29 heavy (non-hydrogen) atoms. The van der Waals surface area contributed by atoms with Crippen LogP contribution in [0.25, 0.3) is 11.3 Å². The predicted octanol–water partition coefficient (Wildman–Crippen LogP) is 1.60. The summed E-state index contributed by atoms with van der Waals surface area (Å²) in [5.74, 6) is 3.02. The highest BCUT2D eigenvalue weighted by Gasteiger charge is 2.38. The molecule has 8 heteroatoms. The van der Waals surface area contributed by atoms with Crippen LogP contribution < -0.4 is 15.5 Å². The molecular weight excluding hydrogens is 368 g/mol. The van der Waals surface area contributed by atoms with E-state index in [1.165, 1.54) is 24.0 Å². The monoisotopic (exact) mass is 394 g/mol. The smallest absolute Gasteiger partial charge is 0.228 e. The summed E-state index contributed by atoms with van der Waals surface area (Å²) in [4.78, 5) is 19.2. The number of anilines is 3. The minimum atomic E-state index is 0.345. The molecule has 8 nitrogen and oxygen atoms in total. The van der Waals surface area contributed by atoms with Crippen LogP contribution in [0, 0.1) is 0 Å². The molecule has 3 aliphatic heterocycles. The highest BCUT2D eigenvalue weighted by atomic mass is 16.5. The summed E-state index contributed by atoms with van der Waals surface area (Å²) in [7, 11) is 0. The van der Waals surface area contributed by atoms with Crippen LogP contribution in [0.2, 0.25) is 0 Å². The summed E-state index contributed by atoms with van der Waals surface area (Å²) >= 11 is 0. The van der Waals surface area contributed by atoms with Gasteiger partial charge in [-0.15, -0.1) is 0 Å². The van der Waals surface area contributed by atoms with Crippen molar-refractivity contribution in [2.75, 3.05) is 61.6 Å². The average molecular weight is 394 g/mol. The molecule has 6 rings (SSSR count). The quantitative estimate of drug-likeness (QED) is 0.840. The van der Waals surface area contributed by atoms with Gasteiger partial charge in [-0.05, 0) is 30.4 Å². The van der Waals surface area contributed by atoms with Crippen LogP contribution >= 0.6 is 0 Å². The number of hydrogen-bond acceptors (Lipinski definition) is 8. The Kier molecular flexibility index (Phi) is 4.09. The van der Waals surface area contributed by atoms with Crippen molar-refractivity contribution >= 4 is 17.6 Å². The molecule has 1 atom stereocenters. The van der Waals surface area contributed by atoms with Crippen molar-refractivity contribution in [3.05, 3.63) is 23.4 Å². The zero-order chi connectivity index (χ0) is 19.4. The maximum Gasteiger partial charge on any atom is 0.228 e. The largest absolute Gasteiger partial charge is 0.384 e. The predicted molar refractivity (Wildman–Crippen MR) is 110 cm³/mol. The van der Waals surface area contributed by atoms with Crippen molar-refractivity contribution in [1.29, 1.82) is 0 Å². The van der Waals surface area contributed by atoms with Crippen molar-refractivity contribution in [3.8, 4) is 11.3 Å². The molecule has 0 unspecified atom stereocenters. The van der Waals surface area contributed by atoms with Crippen molar-refractivity contribution in [1.82, 2.24) is 15.0 Å². The van der Waals surface area contributed by atoms with Crippen LogP contribution in [0.4, 0.5) is 17.6 Å². The number of fused-ring (bicyclic) bond motifs is 3. The van der Waals surface area contributed by atoms with E-state index in [9.17, 15) is 0 Å². The van der Waals surface area contributed by atoms with Gasteiger partial charge in [0.2, 0.25) is 5.95 Å². The second-order valence-corrected chi connectivity index (χ2v) is 8.37. The highest BCUT2D eigenvalue weighted by molar-refractivity contribution is 5.76. The number of hydrogen-bond donors (Lipinski definition) is 1. The minimum Gasteiger partial charge on any atom is -0.384 e. The van der Waals surface area contributed by atoms with Crippen LogP contribution in [-0.4, -0.2) is 67.1 Å². The van der Waals surface area contributed by atoms with Gasteiger partial charge in [-0.2, -0.15) is 4.98 Å².